The van der Waals surface area contributed by atoms with Gasteiger partial charge in [0.1, 0.15) is 23.0 Å². The topological polar surface area (TPSA) is 9.23 Å². The Kier molecular flexibility index (Phi) is 3.40. The second kappa shape index (κ2) is 4.99. The van der Waals surface area contributed by atoms with Crippen LogP contribution in [-0.4, -0.2) is 5.60 Å². The molecule has 3 rings (SSSR count). The van der Waals surface area contributed by atoms with Crippen LogP contribution in [0.1, 0.15) is 35.9 Å². The zero-order valence-corrected chi connectivity index (χ0v) is 12.5. The van der Waals surface area contributed by atoms with Crippen LogP contribution in [0.5, 0.6) is 5.75 Å². The standard InChI is InChI=1S/C17H15ClF2O/c1-17(2)9-12-5-10(3-4-15(12)21-17)16(18)11-6-13(19)8-14(20)7-11/h3-8,16H,9H2,1-2H3. The van der Waals surface area contributed by atoms with Gasteiger partial charge in [0.2, 0.25) is 0 Å². The fraction of sp³-hybridized carbons (Fsp3) is 0.294. The zero-order valence-electron chi connectivity index (χ0n) is 11.8. The first-order chi connectivity index (χ1) is 9.84. The molecule has 0 amide bonds. The third-order valence-electron chi connectivity index (χ3n) is 3.56. The molecule has 0 saturated heterocycles. The Balaban J connectivity index is 1.95. The maximum Gasteiger partial charge on any atom is 0.126 e. The molecule has 1 nitrogen and oxygen atoms in total. The first-order valence-corrected chi connectivity index (χ1v) is 7.20. The van der Waals surface area contributed by atoms with E-state index in [0.717, 1.165) is 29.4 Å². The number of benzene rings is 2. The van der Waals surface area contributed by atoms with Gasteiger partial charge in [-0.1, -0.05) is 12.1 Å². The van der Waals surface area contributed by atoms with Crippen molar-refractivity contribution in [3.05, 3.63) is 64.7 Å². The minimum Gasteiger partial charge on any atom is -0.487 e. The molecule has 110 valence electrons. The monoisotopic (exact) mass is 308 g/mol. The van der Waals surface area contributed by atoms with Gasteiger partial charge in [0.15, 0.2) is 0 Å². The highest BCUT2D eigenvalue weighted by Gasteiger charge is 2.30. The van der Waals surface area contributed by atoms with Crippen LogP contribution in [0.25, 0.3) is 0 Å². The molecule has 1 atom stereocenters. The summed E-state index contributed by atoms with van der Waals surface area (Å²) in [4.78, 5) is 0. The largest absolute Gasteiger partial charge is 0.487 e. The van der Waals surface area contributed by atoms with E-state index in [-0.39, 0.29) is 5.60 Å². The molecule has 0 N–H and O–H groups in total. The molecular formula is C17H15ClF2O. The highest BCUT2D eigenvalue weighted by atomic mass is 35.5. The highest BCUT2D eigenvalue weighted by Crippen LogP contribution is 2.38. The van der Waals surface area contributed by atoms with Crippen molar-refractivity contribution < 1.29 is 13.5 Å². The van der Waals surface area contributed by atoms with E-state index < -0.39 is 17.0 Å². The predicted octanol–water partition coefficient (Wildman–Crippen LogP) is 5.01. The van der Waals surface area contributed by atoms with Gasteiger partial charge >= 0.3 is 0 Å². The maximum absolute atomic E-state index is 13.3. The second-order valence-corrected chi connectivity index (χ2v) is 6.41. The molecule has 1 aliphatic rings. The van der Waals surface area contributed by atoms with Crippen molar-refractivity contribution in [2.75, 3.05) is 0 Å². The number of halogens is 3. The SMILES string of the molecule is CC1(C)Cc2cc(C(Cl)c3cc(F)cc(F)c3)ccc2O1. The fourth-order valence-corrected chi connectivity index (χ4v) is 2.96. The quantitative estimate of drug-likeness (QED) is 0.709. The molecule has 4 heteroatoms. The minimum atomic E-state index is -0.624. The van der Waals surface area contributed by atoms with Crippen LogP contribution >= 0.6 is 11.6 Å². The van der Waals surface area contributed by atoms with E-state index in [0.29, 0.717) is 5.56 Å². The van der Waals surface area contributed by atoms with Crippen LogP contribution in [0.2, 0.25) is 0 Å². The van der Waals surface area contributed by atoms with Gasteiger partial charge in [-0.3, -0.25) is 0 Å². The van der Waals surface area contributed by atoms with Crippen molar-refractivity contribution in [3.63, 3.8) is 0 Å². The zero-order chi connectivity index (χ0) is 15.2. The van der Waals surface area contributed by atoms with Gasteiger partial charge in [-0.25, -0.2) is 8.78 Å². The van der Waals surface area contributed by atoms with Crippen molar-refractivity contribution in [2.24, 2.45) is 0 Å². The Bertz CT molecular complexity index is 677. The van der Waals surface area contributed by atoms with Crippen LogP contribution in [0.4, 0.5) is 8.78 Å². The summed E-state index contributed by atoms with van der Waals surface area (Å²) in [5.41, 5.74) is 2.06. The Morgan fingerprint density at radius 3 is 2.38 bits per heavy atom. The van der Waals surface area contributed by atoms with E-state index >= 15 is 0 Å². The lowest BCUT2D eigenvalue weighted by molar-refractivity contribution is 0.138. The van der Waals surface area contributed by atoms with Gasteiger partial charge < -0.3 is 4.74 Å². The van der Waals surface area contributed by atoms with Crippen LogP contribution in [0.3, 0.4) is 0 Å². The minimum absolute atomic E-state index is 0.228. The smallest absolute Gasteiger partial charge is 0.126 e. The third-order valence-corrected chi connectivity index (χ3v) is 4.06. The molecule has 21 heavy (non-hydrogen) atoms. The number of ether oxygens (including phenoxy) is 1. The highest BCUT2D eigenvalue weighted by molar-refractivity contribution is 6.22. The molecule has 0 spiro atoms. The molecular weight excluding hydrogens is 294 g/mol. The van der Waals surface area contributed by atoms with Crippen LogP contribution < -0.4 is 4.74 Å². The van der Waals surface area contributed by atoms with Gasteiger partial charge in [-0.2, -0.15) is 0 Å². The van der Waals surface area contributed by atoms with E-state index in [1.807, 2.05) is 32.0 Å². The Hall–Kier alpha value is -1.61. The molecule has 1 aliphatic heterocycles. The average Bonchev–Trinajstić information content (AvgIpc) is 2.69. The van der Waals surface area contributed by atoms with E-state index in [1.165, 1.54) is 12.1 Å². The molecule has 1 heterocycles. The van der Waals surface area contributed by atoms with Gasteiger partial charge in [-0.15, -0.1) is 11.6 Å². The van der Waals surface area contributed by atoms with Crippen LogP contribution in [0, 0.1) is 11.6 Å². The summed E-state index contributed by atoms with van der Waals surface area (Å²) in [6.07, 6.45) is 0.789. The van der Waals surface area contributed by atoms with Gasteiger partial charge in [0.05, 0.1) is 5.38 Å². The molecule has 1 unspecified atom stereocenters. The summed E-state index contributed by atoms with van der Waals surface area (Å²) in [5, 5.41) is -0.593. The van der Waals surface area contributed by atoms with E-state index in [2.05, 4.69) is 0 Å². The molecule has 0 radical (unpaired) electrons. The van der Waals surface area contributed by atoms with Gasteiger partial charge in [0, 0.05) is 12.5 Å². The summed E-state index contributed by atoms with van der Waals surface area (Å²) < 4.78 is 32.4. The lowest BCUT2D eigenvalue weighted by Crippen LogP contribution is -2.24. The van der Waals surface area contributed by atoms with Crippen molar-refractivity contribution >= 4 is 11.6 Å². The molecule has 0 fully saturated rings. The Morgan fingerprint density at radius 1 is 1.05 bits per heavy atom. The number of fused-ring (bicyclic) bond motifs is 1. The lowest BCUT2D eigenvalue weighted by Gasteiger charge is -2.16. The van der Waals surface area contributed by atoms with Crippen molar-refractivity contribution in [3.8, 4) is 5.75 Å². The summed E-state index contributed by atoms with van der Waals surface area (Å²) in [7, 11) is 0. The number of hydrogen-bond donors (Lipinski definition) is 0. The fourth-order valence-electron chi connectivity index (χ4n) is 2.70. The number of alkyl halides is 1. The third kappa shape index (κ3) is 2.88. The van der Waals surface area contributed by atoms with Gasteiger partial charge in [-0.05, 0) is 48.7 Å². The normalized spacial score (nSPS) is 17.2. The Morgan fingerprint density at radius 2 is 1.71 bits per heavy atom. The second-order valence-electron chi connectivity index (χ2n) is 5.97. The van der Waals surface area contributed by atoms with Crippen molar-refractivity contribution in [1.82, 2.24) is 0 Å². The molecule has 2 aromatic rings. The molecule has 0 aromatic heterocycles. The summed E-state index contributed by atoms with van der Waals surface area (Å²) >= 11 is 6.37. The molecule has 0 bridgehead atoms. The van der Waals surface area contributed by atoms with E-state index in [4.69, 9.17) is 16.3 Å². The lowest BCUT2D eigenvalue weighted by atomic mass is 9.97. The Labute approximate surface area is 127 Å². The van der Waals surface area contributed by atoms with Crippen LogP contribution in [-0.2, 0) is 6.42 Å². The van der Waals surface area contributed by atoms with Gasteiger partial charge in [0.25, 0.3) is 0 Å². The van der Waals surface area contributed by atoms with E-state index in [9.17, 15) is 8.78 Å². The summed E-state index contributed by atoms with van der Waals surface area (Å²) in [5.74, 6) is -0.402. The summed E-state index contributed by atoms with van der Waals surface area (Å²) in [6.45, 7) is 4.04. The first kappa shape index (κ1) is 14.3. The van der Waals surface area contributed by atoms with Crippen molar-refractivity contribution in [2.45, 2.75) is 31.2 Å². The first-order valence-electron chi connectivity index (χ1n) is 6.76. The molecule has 2 aromatic carbocycles. The van der Waals surface area contributed by atoms with E-state index in [1.54, 1.807) is 0 Å². The predicted molar refractivity (Wildman–Crippen MR) is 78.9 cm³/mol. The van der Waals surface area contributed by atoms with Crippen molar-refractivity contribution in [1.29, 1.82) is 0 Å². The number of hydrogen-bond acceptors (Lipinski definition) is 1. The number of rotatable bonds is 2. The average molecular weight is 309 g/mol. The summed E-state index contributed by atoms with van der Waals surface area (Å²) in [6, 6.07) is 9.00. The molecule has 0 saturated carbocycles. The molecule has 0 aliphatic carbocycles. The van der Waals surface area contributed by atoms with Crippen LogP contribution in [0.15, 0.2) is 36.4 Å². The maximum atomic E-state index is 13.3.